The van der Waals surface area contributed by atoms with Crippen molar-refractivity contribution in [3.8, 4) is 0 Å². The van der Waals surface area contributed by atoms with E-state index in [1.54, 1.807) is 41.5 Å². The maximum absolute atomic E-state index is 12.8. The van der Waals surface area contributed by atoms with Crippen LogP contribution in [-0.2, 0) is 21.7 Å². The number of rotatable bonds is 6. The molecule has 31 heavy (non-hydrogen) atoms. The van der Waals surface area contributed by atoms with Crippen molar-refractivity contribution in [1.82, 2.24) is 4.90 Å². The first-order valence-corrected chi connectivity index (χ1v) is 12.5. The van der Waals surface area contributed by atoms with Crippen molar-refractivity contribution >= 4 is 39.8 Å². The molecule has 1 atom stereocenters. The van der Waals surface area contributed by atoms with Gasteiger partial charge in [-0.25, -0.2) is 4.79 Å². The molecule has 0 spiro atoms. The Morgan fingerprint density at radius 2 is 2.00 bits per heavy atom. The number of esters is 1. The average molecular weight is 455 g/mol. The Kier molecular flexibility index (Phi) is 7.35. The van der Waals surface area contributed by atoms with Gasteiger partial charge in [0.2, 0.25) is 0 Å². The molecule has 0 aromatic heterocycles. The summed E-state index contributed by atoms with van der Waals surface area (Å²) < 4.78 is 6.49. The second kappa shape index (κ2) is 10.4. The molecule has 1 unspecified atom stereocenters. The lowest BCUT2D eigenvalue weighted by molar-refractivity contribution is -0.135. The number of amides is 1. The summed E-state index contributed by atoms with van der Waals surface area (Å²) >= 11 is 3.39. The summed E-state index contributed by atoms with van der Waals surface area (Å²) in [5.74, 6) is 1.04. The van der Waals surface area contributed by atoms with Crippen LogP contribution in [-0.4, -0.2) is 47.1 Å². The highest BCUT2D eigenvalue weighted by Crippen LogP contribution is 2.33. The zero-order valence-corrected chi connectivity index (χ0v) is 19.2. The SMILES string of the molecule is CN(C(=O)COC(=O)c1ccccc1CSC1=NCCS1)C1CCCc2ccccc21. The van der Waals surface area contributed by atoms with Gasteiger partial charge in [0, 0.05) is 18.6 Å². The van der Waals surface area contributed by atoms with Crippen LogP contribution in [0.15, 0.2) is 53.5 Å². The van der Waals surface area contributed by atoms with Gasteiger partial charge in [-0.15, -0.1) is 0 Å². The Hall–Kier alpha value is -2.25. The third-order valence-corrected chi connectivity index (χ3v) is 7.97. The first kappa shape index (κ1) is 22.0. The van der Waals surface area contributed by atoms with E-state index in [9.17, 15) is 9.59 Å². The number of likely N-dealkylation sites (N-methyl/N-ethyl adjacent to an activating group) is 1. The molecule has 7 heteroatoms. The quantitative estimate of drug-likeness (QED) is 0.592. The van der Waals surface area contributed by atoms with Crippen LogP contribution in [0, 0.1) is 0 Å². The minimum absolute atomic E-state index is 0.0320. The molecule has 2 aromatic carbocycles. The number of ether oxygens (including phenoxy) is 1. The molecule has 1 aliphatic heterocycles. The first-order chi connectivity index (χ1) is 15.1. The molecule has 0 radical (unpaired) electrons. The maximum Gasteiger partial charge on any atom is 0.338 e. The summed E-state index contributed by atoms with van der Waals surface area (Å²) in [7, 11) is 1.80. The van der Waals surface area contributed by atoms with Crippen molar-refractivity contribution in [1.29, 1.82) is 0 Å². The highest BCUT2D eigenvalue weighted by atomic mass is 32.2. The zero-order valence-electron chi connectivity index (χ0n) is 17.6. The van der Waals surface area contributed by atoms with Crippen molar-refractivity contribution in [3.05, 3.63) is 70.8 Å². The van der Waals surface area contributed by atoms with Gasteiger partial charge in [0.1, 0.15) is 4.38 Å². The fourth-order valence-electron chi connectivity index (χ4n) is 4.00. The number of benzene rings is 2. The fourth-order valence-corrected chi connectivity index (χ4v) is 6.01. The summed E-state index contributed by atoms with van der Waals surface area (Å²) in [6, 6.07) is 15.7. The largest absolute Gasteiger partial charge is 0.452 e. The van der Waals surface area contributed by atoms with E-state index in [1.807, 2.05) is 30.3 Å². The van der Waals surface area contributed by atoms with Crippen LogP contribution in [0.2, 0.25) is 0 Å². The monoisotopic (exact) mass is 454 g/mol. The molecular weight excluding hydrogens is 428 g/mol. The lowest BCUT2D eigenvalue weighted by Crippen LogP contribution is -2.36. The second-order valence-corrected chi connectivity index (χ2v) is 9.94. The second-order valence-electron chi connectivity index (χ2n) is 7.63. The number of carbonyl (C=O) groups excluding carboxylic acids is 2. The van der Waals surface area contributed by atoms with Crippen LogP contribution in [0.1, 0.15) is 45.9 Å². The van der Waals surface area contributed by atoms with E-state index in [1.165, 1.54) is 11.1 Å². The van der Waals surface area contributed by atoms with Crippen molar-refractivity contribution < 1.29 is 14.3 Å². The van der Waals surface area contributed by atoms with Crippen LogP contribution < -0.4 is 0 Å². The van der Waals surface area contributed by atoms with Gasteiger partial charge in [-0.2, -0.15) is 0 Å². The number of fused-ring (bicyclic) bond motifs is 1. The van der Waals surface area contributed by atoms with Crippen LogP contribution in [0.25, 0.3) is 0 Å². The highest BCUT2D eigenvalue weighted by Gasteiger charge is 2.27. The topological polar surface area (TPSA) is 59.0 Å². The molecule has 0 saturated heterocycles. The van der Waals surface area contributed by atoms with Gasteiger partial charge in [-0.3, -0.25) is 9.79 Å². The van der Waals surface area contributed by atoms with Crippen molar-refractivity contribution in [2.24, 2.45) is 4.99 Å². The number of hydrogen-bond acceptors (Lipinski definition) is 6. The Bertz CT molecular complexity index is 992. The van der Waals surface area contributed by atoms with Crippen molar-refractivity contribution in [3.63, 3.8) is 0 Å². The van der Waals surface area contributed by atoms with Crippen LogP contribution in [0.3, 0.4) is 0 Å². The standard InChI is InChI=1S/C24H26N2O3S2/c1-26(21-12-6-9-17-7-2-4-10-19(17)21)22(27)15-29-23(28)20-11-5-3-8-18(20)16-31-24-25-13-14-30-24/h2-5,7-8,10-11,21H,6,9,12-16H2,1H3. The third-order valence-electron chi connectivity index (χ3n) is 5.67. The van der Waals surface area contributed by atoms with Crippen LogP contribution in [0.5, 0.6) is 0 Å². The van der Waals surface area contributed by atoms with Gasteiger partial charge in [0.15, 0.2) is 6.61 Å². The maximum atomic E-state index is 12.8. The minimum atomic E-state index is -0.456. The summed E-state index contributed by atoms with van der Waals surface area (Å²) in [5.41, 5.74) is 3.91. The van der Waals surface area contributed by atoms with Crippen LogP contribution >= 0.6 is 23.5 Å². The Morgan fingerprint density at radius 1 is 1.19 bits per heavy atom. The molecule has 5 nitrogen and oxygen atoms in total. The molecule has 1 heterocycles. The van der Waals surface area contributed by atoms with Gasteiger partial charge < -0.3 is 9.64 Å². The van der Waals surface area contributed by atoms with Crippen molar-refractivity contribution in [2.75, 3.05) is 26.0 Å². The summed E-state index contributed by atoms with van der Waals surface area (Å²) in [6.45, 7) is 0.607. The molecule has 0 fully saturated rings. The highest BCUT2D eigenvalue weighted by molar-refractivity contribution is 8.38. The van der Waals surface area contributed by atoms with Crippen molar-refractivity contribution in [2.45, 2.75) is 31.1 Å². The fraction of sp³-hybridized carbons (Fsp3) is 0.375. The van der Waals surface area contributed by atoms with E-state index in [0.29, 0.717) is 11.3 Å². The van der Waals surface area contributed by atoms with Gasteiger partial charge in [0.25, 0.3) is 5.91 Å². The number of nitrogens with zero attached hydrogens (tertiary/aromatic N) is 2. The first-order valence-electron chi connectivity index (χ1n) is 10.5. The summed E-state index contributed by atoms with van der Waals surface area (Å²) in [5, 5.41) is 0. The molecule has 0 bridgehead atoms. The molecule has 0 N–H and O–H groups in total. The lowest BCUT2D eigenvalue weighted by atomic mass is 9.87. The number of hydrogen-bond donors (Lipinski definition) is 0. The minimum Gasteiger partial charge on any atom is -0.452 e. The molecule has 0 saturated carbocycles. The number of carbonyl (C=O) groups is 2. The average Bonchev–Trinajstić information content (AvgIpc) is 3.34. The zero-order chi connectivity index (χ0) is 21.6. The van der Waals surface area contributed by atoms with E-state index in [0.717, 1.165) is 41.5 Å². The number of aryl methyl sites for hydroxylation is 1. The smallest absolute Gasteiger partial charge is 0.338 e. The third kappa shape index (κ3) is 5.33. The van der Waals surface area contributed by atoms with E-state index >= 15 is 0 Å². The number of thioether (sulfide) groups is 2. The molecule has 162 valence electrons. The lowest BCUT2D eigenvalue weighted by Gasteiger charge is -2.33. The number of aliphatic imine (C=N–C) groups is 1. The molecule has 2 aromatic rings. The van der Waals surface area contributed by atoms with E-state index < -0.39 is 5.97 Å². The Balaban J connectivity index is 1.36. The van der Waals surface area contributed by atoms with Gasteiger partial charge >= 0.3 is 5.97 Å². The Morgan fingerprint density at radius 3 is 2.84 bits per heavy atom. The predicted molar refractivity (Wildman–Crippen MR) is 128 cm³/mol. The van der Waals surface area contributed by atoms with Gasteiger partial charge in [0.05, 0.1) is 18.2 Å². The van der Waals surface area contributed by atoms with E-state index in [-0.39, 0.29) is 18.6 Å². The normalized spacial score (nSPS) is 17.6. The van der Waals surface area contributed by atoms with Gasteiger partial charge in [-0.05, 0) is 42.0 Å². The van der Waals surface area contributed by atoms with Gasteiger partial charge in [-0.1, -0.05) is 66.0 Å². The molecular formula is C24H26N2O3S2. The molecule has 1 amide bonds. The predicted octanol–water partition coefficient (Wildman–Crippen LogP) is 4.72. The van der Waals surface area contributed by atoms with E-state index in [4.69, 9.17) is 4.74 Å². The van der Waals surface area contributed by atoms with Crippen LogP contribution in [0.4, 0.5) is 0 Å². The summed E-state index contributed by atoms with van der Waals surface area (Å²) in [6.07, 6.45) is 3.02. The molecule has 1 aliphatic carbocycles. The molecule has 2 aliphatic rings. The summed E-state index contributed by atoms with van der Waals surface area (Å²) in [4.78, 5) is 31.7. The molecule has 4 rings (SSSR count). The Labute approximate surface area is 191 Å². The van der Waals surface area contributed by atoms with E-state index in [2.05, 4.69) is 17.1 Å².